The van der Waals surface area contributed by atoms with Gasteiger partial charge in [0.15, 0.2) is 16.8 Å². The number of ether oxygens (including phenoxy) is 1. The summed E-state index contributed by atoms with van der Waals surface area (Å²) in [6.07, 6.45) is -0.494. The van der Waals surface area contributed by atoms with Crippen molar-refractivity contribution >= 4 is 34.5 Å². The molecule has 0 bridgehead atoms. The molecule has 7 nitrogen and oxygen atoms in total. The first-order chi connectivity index (χ1) is 16.7. The molecule has 2 aliphatic rings. The summed E-state index contributed by atoms with van der Waals surface area (Å²) in [4.78, 5) is 19.9. The van der Waals surface area contributed by atoms with E-state index in [4.69, 9.17) is 16.3 Å². The zero-order valence-corrected chi connectivity index (χ0v) is 19.9. The van der Waals surface area contributed by atoms with Crippen LogP contribution in [-0.4, -0.2) is 58.4 Å². The van der Waals surface area contributed by atoms with E-state index in [1.165, 1.54) is 19.2 Å². The maximum atomic E-state index is 14.1. The Balaban J connectivity index is 1.41. The number of nitrogens with zero attached hydrogens (tertiary/aromatic N) is 5. The highest BCUT2D eigenvalue weighted by molar-refractivity contribution is 6.29. The van der Waals surface area contributed by atoms with Crippen molar-refractivity contribution < 1.29 is 22.7 Å². The Morgan fingerprint density at radius 3 is 2.77 bits per heavy atom. The second-order valence-corrected chi connectivity index (χ2v) is 9.44. The van der Waals surface area contributed by atoms with Crippen molar-refractivity contribution in [3.63, 3.8) is 0 Å². The molecule has 2 atom stereocenters. The van der Waals surface area contributed by atoms with E-state index in [0.29, 0.717) is 37.0 Å². The van der Waals surface area contributed by atoms with Crippen LogP contribution in [0.25, 0.3) is 5.65 Å². The van der Waals surface area contributed by atoms with Crippen molar-refractivity contribution in [3.8, 4) is 0 Å². The number of carbonyl (C=O) groups is 1. The molecule has 1 aromatic carbocycles. The minimum atomic E-state index is -4.61. The third kappa shape index (κ3) is 4.69. The van der Waals surface area contributed by atoms with E-state index in [0.717, 1.165) is 34.8 Å². The van der Waals surface area contributed by atoms with Crippen LogP contribution >= 0.6 is 11.6 Å². The molecule has 0 N–H and O–H groups in total. The van der Waals surface area contributed by atoms with Crippen molar-refractivity contribution in [3.05, 3.63) is 52.9 Å². The smallest absolute Gasteiger partial charge is 0.381 e. The third-order valence-electron chi connectivity index (χ3n) is 6.72. The number of hydrogen-bond donors (Lipinski definition) is 0. The number of fused-ring (bicyclic) bond motifs is 3. The summed E-state index contributed by atoms with van der Waals surface area (Å²) in [7, 11) is 1.22. The molecule has 1 amide bonds. The Morgan fingerprint density at radius 2 is 2.09 bits per heavy atom. The number of amides is 1. The molecule has 5 rings (SSSR count). The number of aromatic nitrogens is 3. The lowest BCUT2D eigenvalue weighted by molar-refractivity contribution is -0.189. The minimum absolute atomic E-state index is 0.0180. The summed E-state index contributed by atoms with van der Waals surface area (Å²) in [6, 6.07) is 5.87. The molecule has 1 fully saturated rings. The van der Waals surface area contributed by atoms with Gasteiger partial charge in [-0.3, -0.25) is 4.79 Å². The van der Waals surface area contributed by atoms with Gasteiger partial charge in [0.05, 0.1) is 17.6 Å². The first-order valence-corrected chi connectivity index (χ1v) is 11.9. The molecule has 186 valence electrons. The summed E-state index contributed by atoms with van der Waals surface area (Å²) in [5.41, 5.74) is 3.20. The summed E-state index contributed by atoms with van der Waals surface area (Å²) >= 11 is 6.05. The monoisotopic (exact) mass is 507 g/mol. The fourth-order valence-electron chi connectivity index (χ4n) is 4.94. The van der Waals surface area contributed by atoms with Crippen molar-refractivity contribution in [1.82, 2.24) is 19.5 Å². The number of rotatable bonds is 5. The molecular weight excluding hydrogens is 483 g/mol. The fourth-order valence-corrected chi connectivity index (χ4v) is 5.12. The highest BCUT2D eigenvalue weighted by Gasteiger charge is 2.45. The van der Waals surface area contributed by atoms with Crippen LogP contribution in [0.5, 0.6) is 0 Å². The predicted molar refractivity (Wildman–Crippen MR) is 125 cm³/mol. The van der Waals surface area contributed by atoms with Crippen LogP contribution in [0, 0.1) is 5.92 Å². The first-order valence-electron chi connectivity index (χ1n) is 11.5. The molecule has 1 unspecified atom stereocenters. The van der Waals surface area contributed by atoms with E-state index in [1.54, 1.807) is 28.9 Å². The Kier molecular flexibility index (Phi) is 6.35. The van der Waals surface area contributed by atoms with E-state index >= 15 is 0 Å². The SMILES string of the molecule is CN(C(=O)CC1CCOC1)[C@@H](c1ccc(N2CCCc3c2cnc2cc(Cl)nn32)cc1)C(F)(F)F. The Morgan fingerprint density at radius 1 is 1.31 bits per heavy atom. The quantitative estimate of drug-likeness (QED) is 0.489. The summed E-state index contributed by atoms with van der Waals surface area (Å²) in [5.74, 6) is -0.574. The maximum absolute atomic E-state index is 14.1. The van der Waals surface area contributed by atoms with Crippen molar-refractivity contribution in [2.75, 3.05) is 31.7 Å². The standard InChI is InChI=1S/C24H25ClF3N5O2/c1-31(22(34)11-15-8-10-35-14-15)23(24(26,27)28)16-4-6-17(7-5-16)32-9-2-3-18-19(32)13-29-21-12-20(25)30-33(18)21/h4-7,12-13,15,23H,2-3,8-11,14H2,1H3/t15?,23-/m0/s1. The van der Waals surface area contributed by atoms with E-state index in [9.17, 15) is 18.0 Å². The summed E-state index contributed by atoms with van der Waals surface area (Å²) < 4.78 is 49.2. The van der Waals surface area contributed by atoms with Gasteiger partial charge in [0.2, 0.25) is 5.91 Å². The van der Waals surface area contributed by atoms with Crippen LogP contribution in [-0.2, 0) is 16.0 Å². The lowest BCUT2D eigenvalue weighted by Gasteiger charge is -2.33. The maximum Gasteiger partial charge on any atom is 0.413 e. The largest absolute Gasteiger partial charge is 0.413 e. The van der Waals surface area contributed by atoms with Crippen molar-refractivity contribution in [1.29, 1.82) is 0 Å². The van der Waals surface area contributed by atoms with Crippen molar-refractivity contribution in [2.45, 2.75) is 37.9 Å². The molecule has 0 spiro atoms. The zero-order chi connectivity index (χ0) is 24.7. The Hall–Kier alpha value is -2.85. The number of halogens is 4. The molecular formula is C24H25ClF3N5O2. The Bertz CT molecular complexity index is 1220. The highest BCUT2D eigenvalue weighted by atomic mass is 35.5. The van der Waals surface area contributed by atoms with E-state index in [1.807, 2.05) is 4.90 Å². The lowest BCUT2D eigenvalue weighted by atomic mass is 10.0. The van der Waals surface area contributed by atoms with Gasteiger partial charge >= 0.3 is 6.18 Å². The minimum Gasteiger partial charge on any atom is -0.381 e. The van der Waals surface area contributed by atoms with Gasteiger partial charge in [0.1, 0.15) is 0 Å². The average molecular weight is 508 g/mol. The van der Waals surface area contributed by atoms with Gasteiger partial charge < -0.3 is 14.5 Å². The van der Waals surface area contributed by atoms with Gasteiger partial charge in [-0.1, -0.05) is 23.7 Å². The zero-order valence-electron chi connectivity index (χ0n) is 19.1. The molecule has 4 heterocycles. The van der Waals surface area contributed by atoms with Crippen LogP contribution < -0.4 is 4.90 Å². The second kappa shape index (κ2) is 9.31. The molecule has 0 saturated carbocycles. The van der Waals surface area contributed by atoms with Crippen LogP contribution in [0.1, 0.15) is 36.6 Å². The van der Waals surface area contributed by atoms with E-state index in [2.05, 4.69) is 10.1 Å². The van der Waals surface area contributed by atoms with Crippen LogP contribution in [0.3, 0.4) is 0 Å². The van der Waals surface area contributed by atoms with Crippen molar-refractivity contribution in [2.24, 2.45) is 5.92 Å². The van der Waals surface area contributed by atoms with E-state index in [-0.39, 0.29) is 17.9 Å². The van der Waals surface area contributed by atoms with Crippen LogP contribution in [0.4, 0.5) is 24.5 Å². The fraction of sp³-hybridized carbons (Fsp3) is 0.458. The predicted octanol–water partition coefficient (Wildman–Crippen LogP) is 4.96. The number of alkyl halides is 3. The number of aryl methyl sites for hydroxylation is 1. The summed E-state index contributed by atoms with van der Waals surface area (Å²) in [6.45, 7) is 1.65. The lowest BCUT2D eigenvalue weighted by Crippen LogP contribution is -2.40. The third-order valence-corrected chi connectivity index (χ3v) is 6.90. The van der Waals surface area contributed by atoms with Gasteiger partial charge in [-0.25, -0.2) is 9.50 Å². The number of carbonyl (C=O) groups excluding carboxylic acids is 1. The molecule has 0 radical (unpaired) electrons. The van der Waals surface area contributed by atoms with Gasteiger partial charge in [0.25, 0.3) is 0 Å². The number of benzene rings is 1. The molecule has 35 heavy (non-hydrogen) atoms. The van der Waals surface area contributed by atoms with Gasteiger partial charge in [-0.15, -0.1) is 0 Å². The van der Waals surface area contributed by atoms with E-state index < -0.39 is 18.1 Å². The normalized spacial score (nSPS) is 19.1. The Labute approximate surface area is 205 Å². The van der Waals surface area contributed by atoms with Gasteiger partial charge in [-0.2, -0.15) is 18.3 Å². The average Bonchev–Trinajstić information content (AvgIpc) is 3.47. The summed E-state index contributed by atoms with van der Waals surface area (Å²) in [5, 5.41) is 4.67. The van der Waals surface area contributed by atoms with Crippen LogP contribution in [0.15, 0.2) is 36.5 Å². The molecule has 1 saturated heterocycles. The molecule has 11 heteroatoms. The van der Waals surface area contributed by atoms with Gasteiger partial charge in [0, 0.05) is 45.0 Å². The number of hydrogen-bond acceptors (Lipinski definition) is 5. The number of anilines is 2. The topological polar surface area (TPSA) is 63.0 Å². The first kappa shape index (κ1) is 23.9. The van der Waals surface area contributed by atoms with Gasteiger partial charge in [-0.05, 0) is 42.9 Å². The molecule has 0 aliphatic carbocycles. The highest BCUT2D eigenvalue weighted by Crippen LogP contribution is 2.40. The van der Waals surface area contributed by atoms with Crippen LogP contribution in [0.2, 0.25) is 5.15 Å². The second-order valence-electron chi connectivity index (χ2n) is 9.06. The molecule has 3 aromatic rings. The molecule has 2 aliphatic heterocycles. The molecule has 2 aromatic heterocycles.